The van der Waals surface area contributed by atoms with Crippen LogP contribution in [-0.4, -0.2) is 24.2 Å². The predicted molar refractivity (Wildman–Crippen MR) is 63.3 cm³/mol. The van der Waals surface area contributed by atoms with Crippen molar-refractivity contribution in [3.63, 3.8) is 0 Å². The highest BCUT2D eigenvalue weighted by Gasteiger charge is 2.21. The number of fused-ring (bicyclic) bond motifs is 1. The SMILES string of the molecule is CCN1c2cc(CO)ccc2NCC1C. The summed E-state index contributed by atoms with van der Waals surface area (Å²) in [6.45, 7) is 6.48. The third-order valence-corrected chi connectivity index (χ3v) is 3.01. The Morgan fingerprint density at radius 2 is 2.33 bits per heavy atom. The molecule has 0 aliphatic carbocycles. The number of nitrogens with zero attached hydrogens (tertiary/aromatic N) is 1. The van der Waals surface area contributed by atoms with Crippen molar-refractivity contribution in [2.45, 2.75) is 26.5 Å². The lowest BCUT2D eigenvalue weighted by molar-refractivity contribution is 0.282. The van der Waals surface area contributed by atoms with E-state index in [0.717, 1.165) is 18.7 Å². The smallest absolute Gasteiger partial charge is 0.0682 e. The molecular weight excluding hydrogens is 188 g/mol. The van der Waals surface area contributed by atoms with Gasteiger partial charge in [-0.25, -0.2) is 0 Å². The molecule has 0 amide bonds. The fraction of sp³-hybridized carbons (Fsp3) is 0.500. The van der Waals surface area contributed by atoms with Crippen LogP contribution in [-0.2, 0) is 6.61 Å². The quantitative estimate of drug-likeness (QED) is 0.774. The predicted octanol–water partition coefficient (Wildman–Crippen LogP) is 1.82. The molecule has 82 valence electrons. The normalized spacial score (nSPS) is 19.7. The minimum Gasteiger partial charge on any atom is -0.392 e. The van der Waals surface area contributed by atoms with Crippen LogP contribution in [0.4, 0.5) is 11.4 Å². The highest BCUT2D eigenvalue weighted by Crippen LogP contribution is 2.32. The van der Waals surface area contributed by atoms with Crippen molar-refractivity contribution in [2.24, 2.45) is 0 Å². The molecule has 1 heterocycles. The molecule has 1 aromatic carbocycles. The summed E-state index contributed by atoms with van der Waals surface area (Å²) in [6.07, 6.45) is 0. The van der Waals surface area contributed by atoms with E-state index in [4.69, 9.17) is 5.11 Å². The molecule has 0 saturated heterocycles. The van der Waals surface area contributed by atoms with Crippen molar-refractivity contribution in [3.8, 4) is 0 Å². The first-order valence-electron chi connectivity index (χ1n) is 5.50. The van der Waals surface area contributed by atoms with E-state index in [0.29, 0.717) is 6.04 Å². The van der Waals surface area contributed by atoms with Crippen LogP contribution >= 0.6 is 0 Å². The zero-order valence-corrected chi connectivity index (χ0v) is 9.33. The summed E-state index contributed by atoms with van der Waals surface area (Å²) in [7, 11) is 0. The van der Waals surface area contributed by atoms with E-state index in [1.807, 2.05) is 6.07 Å². The van der Waals surface area contributed by atoms with Gasteiger partial charge >= 0.3 is 0 Å². The third kappa shape index (κ3) is 1.79. The van der Waals surface area contributed by atoms with Gasteiger partial charge in [0.05, 0.1) is 18.0 Å². The molecule has 1 unspecified atom stereocenters. The van der Waals surface area contributed by atoms with E-state index < -0.39 is 0 Å². The van der Waals surface area contributed by atoms with Gasteiger partial charge < -0.3 is 15.3 Å². The Morgan fingerprint density at radius 3 is 3.00 bits per heavy atom. The molecule has 3 heteroatoms. The van der Waals surface area contributed by atoms with Crippen molar-refractivity contribution >= 4 is 11.4 Å². The van der Waals surface area contributed by atoms with E-state index in [2.05, 4.69) is 36.2 Å². The summed E-state index contributed by atoms with van der Waals surface area (Å²) in [5.41, 5.74) is 3.36. The zero-order valence-electron chi connectivity index (χ0n) is 9.33. The standard InChI is InChI=1S/C12H18N2O/c1-3-14-9(2)7-13-11-5-4-10(8-15)6-12(11)14/h4-6,9,13,15H,3,7-8H2,1-2H3. The van der Waals surface area contributed by atoms with Crippen LogP contribution in [0.1, 0.15) is 19.4 Å². The maximum atomic E-state index is 9.13. The number of hydrogen-bond acceptors (Lipinski definition) is 3. The average Bonchev–Trinajstić information content (AvgIpc) is 2.28. The molecular formula is C12H18N2O. The first-order chi connectivity index (χ1) is 7.26. The first kappa shape index (κ1) is 10.3. The van der Waals surface area contributed by atoms with Crippen LogP contribution < -0.4 is 10.2 Å². The Hall–Kier alpha value is -1.22. The highest BCUT2D eigenvalue weighted by molar-refractivity contribution is 5.73. The highest BCUT2D eigenvalue weighted by atomic mass is 16.3. The summed E-state index contributed by atoms with van der Waals surface area (Å²) < 4.78 is 0. The number of aliphatic hydroxyl groups excluding tert-OH is 1. The van der Waals surface area contributed by atoms with Gasteiger partial charge in [-0.05, 0) is 31.5 Å². The van der Waals surface area contributed by atoms with Gasteiger partial charge in [0.25, 0.3) is 0 Å². The number of anilines is 2. The van der Waals surface area contributed by atoms with Gasteiger partial charge in [-0.1, -0.05) is 6.07 Å². The van der Waals surface area contributed by atoms with Gasteiger partial charge in [0.2, 0.25) is 0 Å². The summed E-state index contributed by atoms with van der Waals surface area (Å²) in [5.74, 6) is 0. The Balaban J connectivity index is 2.41. The minimum absolute atomic E-state index is 0.110. The lowest BCUT2D eigenvalue weighted by Gasteiger charge is -2.37. The molecule has 15 heavy (non-hydrogen) atoms. The largest absolute Gasteiger partial charge is 0.392 e. The van der Waals surface area contributed by atoms with E-state index in [-0.39, 0.29) is 6.61 Å². The second-order valence-corrected chi connectivity index (χ2v) is 4.03. The van der Waals surface area contributed by atoms with Crippen LogP contribution in [0.5, 0.6) is 0 Å². The van der Waals surface area contributed by atoms with E-state index >= 15 is 0 Å². The third-order valence-electron chi connectivity index (χ3n) is 3.01. The van der Waals surface area contributed by atoms with Crippen molar-refractivity contribution in [2.75, 3.05) is 23.3 Å². The number of nitrogens with one attached hydrogen (secondary N) is 1. The average molecular weight is 206 g/mol. The Bertz CT molecular complexity index is 351. The van der Waals surface area contributed by atoms with Crippen LogP contribution in [0, 0.1) is 0 Å². The number of aliphatic hydroxyl groups is 1. The molecule has 0 bridgehead atoms. The van der Waals surface area contributed by atoms with Gasteiger partial charge in [-0.15, -0.1) is 0 Å². The number of hydrogen-bond donors (Lipinski definition) is 2. The molecule has 0 saturated carbocycles. The summed E-state index contributed by atoms with van der Waals surface area (Å²) in [6, 6.07) is 6.60. The maximum Gasteiger partial charge on any atom is 0.0682 e. The van der Waals surface area contributed by atoms with Crippen molar-refractivity contribution in [1.82, 2.24) is 0 Å². The summed E-state index contributed by atoms with van der Waals surface area (Å²) in [5, 5.41) is 12.5. The second-order valence-electron chi connectivity index (χ2n) is 4.03. The Kier molecular flexibility index (Phi) is 2.82. The lowest BCUT2D eigenvalue weighted by Crippen LogP contribution is -2.41. The van der Waals surface area contributed by atoms with Gasteiger partial charge in [0.15, 0.2) is 0 Å². The molecule has 1 aliphatic heterocycles. The van der Waals surface area contributed by atoms with Gasteiger partial charge in [0, 0.05) is 19.1 Å². The number of likely N-dealkylation sites (N-methyl/N-ethyl adjacent to an activating group) is 1. The van der Waals surface area contributed by atoms with Gasteiger partial charge in [-0.2, -0.15) is 0 Å². The zero-order chi connectivity index (χ0) is 10.8. The molecule has 0 spiro atoms. The second kappa shape index (κ2) is 4.11. The van der Waals surface area contributed by atoms with E-state index in [1.165, 1.54) is 11.4 Å². The molecule has 1 aromatic rings. The molecule has 0 radical (unpaired) electrons. The van der Waals surface area contributed by atoms with Crippen LogP contribution in [0.3, 0.4) is 0 Å². The summed E-state index contributed by atoms with van der Waals surface area (Å²) >= 11 is 0. The van der Waals surface area contributed by atoms with Gasteiger partial charge in [-0.3, -0.25) is 0 Å². The Morgan fingerprint density at radius 1 is 1.53 bits per heavy atom. The topological polar surface area (TPSA) is 35.5 Å². The maximum absolute atomic E-state index is 9.13. The fourth-order valence-electron chi connectivity index (χ4n) is 2.15. The first-order valence-corrected chi connectivity index (χ1v) is 5.50. The van der Waals surface area contributed by atoms with Crippen molar-refractivity contribution in [1.29, 1.82) is 0 Å². The van der Waals surface area contributed by atoms with Crippen LogP contribution in [0.2, 0.25) is 0 Å². The Labute approximate surface area is 90.7 Å². The number of rotatable bonds is 2. The van der Waals surface area contributed by atoms with Gasteiger partial charge in [0.1, 0.15) is 0 Å². The molecule has 2 N–H and O–H groups in total. The molecule has 1 aliphatic rings. The van der Waals surface area contributed by atoms with Crippen LogP contribution in [0.15, 0.2) is 18.2 Å². The monoisotopic (exact) mass is 206 g/mol. The number of benzene rings is 1. The van der Waals surface area contributed by atoms with Crippen LogP contribution in [0.25, 0.3) is 0 Å². The summed E-state index contributed by atoms with van der Waals surface area (Å²) in [4.78, 5) is 2.37. The lowest BCUT2D eigenvalue weighted by atomic mass is 10.1. The molecule has 2 rings (SSSR count). The molecule has 1 atom stereocenters. The van der Waals surface area contributed by atoms with E-state index in [1.54, 1.807) is 0 Å². The molecule has 0 fully saturated rings. The molecule has 0 aromatic heterocycles. The fourth-order valence-corrected chi connectivity index (χ4v) is 2.15. The minimum atomic E-state index is 0.110. The van der Waals surface area contributed by atoms with E-state index in [9.17, 15) is 0 Å². The van der Waals surface area contributed by atoms with Crippen molar-refractivity contribution in [3.05, 3.63) is 23.8 Å². The molecule has 3 nitrogen and oxygen atoms in total. The van der Waals surface area contributed by atoms with Crippen molar-refractivity contribution < 1.29 is 5.11 Å².